The van der Waals surface area contributed by atoms with Crippen molar-refractivity contribution in [3.63, 3.8) is 0 Å². The number of benzene rings is 3. The fraction of sp³-hybridized carbons (Fsp3) is 0.0455. The normalized spacial score (nSPS) is 10.4. The number of carbonyl (C=O) groups excluding carboxylic acids is 2. The van der Waals surface area contributed by atoms with Crippen molar-refractivity contribution >= 4 is 35.1 Å². The largest absolute Gasteiger partial charge is 0.478 e. The Labute approximate surface area is 170 Å². The Morgan fingerprint density at radius 2 is 1.59 bits per heavy atom. The molecule has 3 aromatic rings. The summed E-state index contributed by atoms with van der Waals surface area (Å²) in [5.41, 5.74) is 0.882. The predicted molar refractivity (Wildman–Crippen MR) is 109 cm³/mol. The van der Waals surface area contributed by atoms with Crippen LogP contribution in [-0.2, 0) is 0 Å². The van der Waals surface area contributed by atoms with E-state index in [9.17, 15) is 23.9 Å². The molecule has 1 amide bonds. The SMILES string of the molecule is O=C(CSc1cccc(NC(=O)c2ccccc2C(=O)O)c1)c1ccc(F)cc1. The number of hydrogen-bond donors (Lipinski definition) is 2. The van der Waals surface area contributed by atoms with E-state index in [1.54, 1.807) is 36.4 Å². The predicted octanol–water partition coefficient (Wildman–Crippen LogP) is 4.75. The molecule has 3 aromatic carbocycles. The Balaban J connectivity index is 1.67. The zero-order chi connectivity index (χ0) is 20.8. The second kappa shape index (κ2) is 9.16. The quantitative estimate of drug-likeness (QED) is 0.435. The van der Waals surface area contributed by atoms with Gasteiger partial charge in [-0.05, 0) is 54.6 Å². The molecule has 0 aliphatic rings. The molecule has 0 aliphatic carbocycles. The molecular weight excluding hydrogens is 393 g/mol. The summed E-state index contributed by atoms with van der Waals surface area (Å²) >= 11 is 1.28. The van der Waals surface area contributed by atoms with Gasteiger partial charge in [-0.25, -0.2) is 9.18 Å². The number of carboxylic acids is 1. The number of rotatable bonds is 7. The van der Waals surface area contributed by atoms with Crippen LogP contribution in [0, 0.1) is 5.82 Å². The fourth-order valence-corrected chi connectivity index (χ4v) is 3.45. The first-order valence-electron chi connectivity index (χ1n) is 8.59. The van der Waals surface area contributed by atoms with E-state index >= 15 is 0 Å². The van der Waals surface area contributed by atoms with E-state index < -0.39 is 17.7 Å². The number of carbonyl (C=O) groups is 3. The number of aromatic carboxylic acids is 1. The molecule has 146 valence electrons. The van der Waals surface area contributed by atoms with Crippen LogP contribution in [0.4, 0.5) is 10.1 Å². The van der Waals surface area contributed by atoms with Crippen molar-refractivity contribution in [3.05, 3.63) is 95.3 Å². The van der Waals surface area contributed by atoms with Crippen molar-refractivity contribution in [1.82, 2.24) is 0 Å². The molecule has 0 heterocycles. The second-order valence-corrected chi connectivity index (χ2v) is 7.10. The third-order valence-electron chi connectivity index (χ3n) is 4.03. The number of Topliss-reactive ketones (excluding diaryl/α,β-unsaturated/α-hetero) is 1. The molecule has 7 heteroatoms. The highest BCUT2D eigenvalue weighted by Crippen LogP contribution is 2.23. The average Bonchev–Trinajstić information content (AvgIpc) is 2.72. The Kier molecular flexibility index (Phi) is 6.41. The lowest BCUT2D eigenvalue weighted by atomic mass is 10.1. The first kappa shape index (κ1) is 20.3. The van der Waals surface area contributed by atoms with Gasteiger partial charge in [0.25, 0.3) is 5.91 Å². The number of anilines is 1. The van der Waals surface area contributed by atoms with Crippen LogP contribution in [0.1, 0.15) is 31.1 Å². The second-order valence-electron chi connectivity index (χ2n) is 6.05. The number of carboxylic acid groups (broad SMARTS) is 1. The van der Waals surface area contributed by atoms with Gasteiger partial charge < -0.3 is 10.4 Å². The van der Waals surface area contributed by atoms with Gasteiger partial charge in [0.05, 0.1) is 16.9 Å². The molecule has 2 N–H and O–H groups in total. The summed E-state index contributed by atoms with van der Waals surface area (Å²) in [5, 5.41) is 11.9. The summed E-state index contributed by atoms with van der Waals surface area (Å²) in [6.45, 7) is 0. The molecule has 0 radical (unpaired) electrons. The maximum atomic E-state index is 13.0. The summed E-state index contributed by atoms with van der Waals surface area (Å²) in [5.74, 6) is -2.10. The van der Waals surface area contributed by atoms with Crippen molar-refractivity contribution in [2.45, 2.75) is 4.90 Å². The molecular formula is C22H16FNO4S. The van der Waals surface area contributed by atoms with Gasteiger partial charge in [-0.15, -0.1) is 11.8 Å². The lowest BCUT2D eigenvalue weighted by Gasteiger charge is -2.09. The molecule has 0 saturated heterocycles. The third kappa shape index (κ3) is 5.30. The Bertz CT molecular complexity index is 1070. The molecule has 0 atom stereocenters. The fourth-order valence-electron chi connectivity index (χ4n) is 2.60. The van der Waals surface area contributed by atoms with E-state index in [0.29, 0.717) is 11.3 Å². The smallest absolute Gasteiger partial charge is 0.336 e. The number of thioether (sulfide) groups is 1. The maximum Gasteiger partial charge on any atom is 0.336 e. The molecule has 0 aliphatic heterocycles. The van der Waals surface area contributed by atoms with E-state index in [1.807, 2.05) is 0 Å². The third-order valence-corrected chi connectivity index (χ3v) is 5.02. The zero-order valence-corrected chi connectivity index (χ0v) is 15.9. The minimum atomic E-state index is -1.18. The van der Waals surface area contributed by atoms with E-state index in [-0.39, 0.29) is 22.7 Å². The monoisotopic (exact) mass is 409 g/mol. The van der Waals surface area contributed by atoms with Crippen LogP contribution < -0.4 is 5.32 Å². The van der Waals surface area contributed by atoms with Crippen LogP contribution in [0.25, 0.3) is 0 Å². The van der Waals surface area contributed by atoms with Crippen molar-refractivity contribution in [3.8, 4) is 0 Å². The Morgan fingerprint density at radius 3 is 2.28 bits per heavy atom. The number of halogens is 1. The minimum absolute atomic E-state index is 0.0598. The van der Waals surface area contributed by atoms with Crippen LogP contribution in [0.2, 0.25) is 0 Å². The highest BCUT2D eigenvalue weighted by Gasteiger charge is 2.16. The summed E-state index contributed by atoms with van der Waals surface area (Å²) < 4.78 is 13.0. The molecule has 29 heavy (non-hydrogen) atoms. The number of hydrogen-bond acceptors (Lipinski definition) is 4. The van der Waals surface area contributed by atoms with Gasteiger partial charge in [0.1, 0.15) is 5.82 Å². The van der Waals surface area contributed by atoms with E-state index in [0.717, 1.165) is 4.90 Å². The lowest BCUT2D eigenvalue weighted by molar-refractivity contribution is 0.0692. The number of nitrogens with one attached hydrogen (secondary N) is 1. The summed E-state index contributed by atoms with van der Waals surface area (Å²) in [6, 6.07) is 18.2. The molecule has 0 fully saturated rings. The molecule has 0 unspecified atom stereocenters. The maximum absolute atomic E-state index is 13.0. The van der Waals surface area contributed by atoms with Crippen molar-refractivity contribution in [2.24, 2.45) is 0 Å². The van der Waals surface area contributed by atoms with Gasteiger partial charge in [0.2, 0.25) is 0 Å². The molecule has 5 nitrogen and oxygen atoms in total. The number of amides is 1. The van der Waals surface area contributed by atoms with Crippen LogP contribution in [0.3, 0.4) is 0 Å². The highest BCUT2D eigenvalue weighted by molar-refractivity contribution is 8.00. The lowest BCUT2D eigenvalue weighted by Crippen LogP contribution is -2.16. The minimum Gasteiger partial charge on any atom is -0.478 e. The van der Waals surface area contributed by atoms with E-state index in [1.165, 1.54) is 48.2 Å². The van der Waals surface area contributed by atoms with Gasteiger partial charge in [0, 0.05) is 16.1 Å². The van der Waals surface area contributed by atoms with Crippen LogP contribution in [-0.4, -0.2) is 28.5 Å². The van der Waals surface area contributed by atoms with Crippen LogP contribution in [0.15, 0.2) is 77.7 Å². The topological polar surface area (TPSA) is 83.5 Å². The first-order chi connectivity index (χ1) is 13.9. The standard InChI is InChI=1S/C22H16FNO4S/c23-15-10-8-14(9-11-15)20(25)13-29-17-5-3-4-16(12-17)24-21(26)18-6-1-2-7-19(18)22(27)28/h1-12H,13H2,(H,24,26)(H,27,28). The van der Waals surface area contributed by atoms with Crippen molar-refractivity contribution in [2.75, 3.05) is 11.1 Å². The molecule has 3 rings (SSSR count). The Hall–Kier alpha value is -3.45. The van der Waals surface area contributed by atoms with Gasteiger partial charge >= 0.3 is 5.97 Å². The van der Waals surface area contributed by atoms with Crippen molar-refractivity contribution in [1.29, 1.82) is 0 Å². The van der Waals surface area contributed by atoms with Gasteiger partial charge in [-0.2, -0.15) is 0 Å². The summed E-state index contributed by atoms with van der Waals surface area (Å²) in [6.07, 6.45) is 0. The number of ketones is 1. The first-order valence-corrected chi connectivity index (χ1v) is 9.58. The Morgan fingerprint density at radius 1 is 0.897 bits per heavy atom. The average molecular weight is 409 g/mol. The van der Waals surface area contributed by atoms with Gasteiger partial charge in [0.15, 0.2) is 5.78 Å². The van der Waals surface area contributed by atoms with Gasteiger partial charge in [-0.1, -0.05) is 18.2 Å². The molecule has 0 aromatic heterocycles. The molecule has 0 spiro atoms. The zero-order valence-electron chi connectivity index (χ0n) is 15.1. The summed E-state index contributed by atoms with van der Waals surface area (Å²) in [4.78, 5) is 36.7. The summed E-state index contributed by atoms with van der Waals surface area (Å²) in [7, 11) is 0. The molecule has 0 saturated carbocycles. The molecule has 0 bridgehead atoms. The van der Waals surface area contributed by atoms with E-state index in [2.05, 4.69) is 5.32 Å². The van der Waals surface area contributed by atoms with Crippen LogP contribution in [0.5, 0.6) is 0 Å². The van der Waals surface area contributed by atoms with Crippen molar-refractivity contribution < 1.29 is 23.9 Å². The van der Waals surface area contributed by atoms with E-state index in [4.69, 9.17) is 0 Å². The van der Waals surface area contributed by atoms with Gasteiger partial charge in [-0.3, -0.25) is 9.59 Å². The highest BCUT2D eigenvalue weighted by atomic mass is 32.2. The van der Waals surface area contributed by atoms with Crippen LogP contribution >= 0.6 is 11.8 Å².